The third-order valence-corrected chi connectivity index (χ3v) is 5.51. The van der Waals surface area contributed by atoms with Gasteiger partial charge in [0.25, 0.3) is 0 Å². The van der Waals surface area contributed by atoms with Crippen LogP contribution in [0.3, 0.4) is 0 Å². The lowest BCUT2D eigenvalue weighted by molar-refractivity contribution is 0.102. The van der Waals surface area contributed by atoms with E-state index < -0.39 is 0 Å². The second kappa shape index (κ2) is 8.19. The van der Waals surface area contributed by atoms with Crippen molar-refractivity contribution in [2.75, 3.05) is 26.6 Å². The predicted molar refractivity (Wildman–Crippen MR) is 108 cm³/mol. The van der Waals surface area contributed by atoms with Gasteiger partial charge < -0.3 is 19.0 Å². The number of aryl methyl sites for hydroxylation is 1. The average molecular weight is 388 g/mol. The Hall–Kier alpha value is -2.25. The Morgan fingerprint density at radius 1 is 1.30 bits per heavy atom. The molecule has 1 N–H and O–H groups in total. The summed E-state index contributed by atoms with van der Waals surface area (Å²) in [6.45, 7) is 6.72. The molecule has 7 heteroatoms. The second-order valence-corrected chi connectivity index (χ2v) is 7.56. The van der Waals surface area contributed by atoms with Gasteiger partial charge in [0.15, 0.2) is 10.9 Å². The zero-order valence-corrected chi connectivity index (χ0v) is 17.1. The van der Waals surface area contributed by atoms with Gasteiger partial charge in [-0.25, -0.2) is 4.98 Å². The van der Waals surface area contributed by atoms with Crippen LogP contribution in [0.1, 0.15) is 34.7 Å². The molecule has 144 valence electrons. The van der Waals surface area contributed by atoms with Crippen LogP contribution in [0.2, 0.25) is 0 Å². The highest BCUT2D eigenvalue weighted by molar-refractivity contribution is 7.99. The molecule has 3 aromatic rings. The van der Waals surface area contributed by atoms with Crippen molar-refractivity contribution in [2.24, 2.45) is 0 Å². The Morgan fingerprint density at radius 2 is 2.07 bits per heavy atom. The van der Waals surface area contributed by atoms with Gasteiger partial charge in [0.2, 0.25) is 0 Å². The summed E-state index contributed by atoms with van der Waals surface area (Å²) in [7, 11) is 3.33. The number of methoxy groups -OCH3 is 2. The number of ketones is 1. The molecule has 0 aliphatic carbocycles. The SMILES string of the molecule is COC[C@@H](C)n1c(C)cc(C(=O)CSc2nc3ccc(OC)cc3[nH]2)c1C. The Balaban J connectivity index is 1.73. The number of aromatic amines is 1. The molecule has 2 heterocycles. The number of hydrogen-bond donors (Lipinski definition) is 1. The molecule has 2 aromatic heterocycles. The summed E-state index contributed by atoms with van der Waals surface area (Å²) < 4.78 is 12.6. The lowest BCUT2D eigenvalue weighted by atomic mass is 10.2. The van der Waals surface area contributed by atoms with Gasteiger partial charge in [-0.1, -0.05) is 11.8 Å². The van der Waals surface area contributed by atoms with Gasteiger partial charge in [-0.05, 0) is 39.0 Å². The molecule has 1 atom stereocenters. The Labute approximate surface area is 163 Å². The van der Waals surface area contributed by atoms with Crippen molar-refractivity contribution in [1.82, 2.24) is 14.5 Å². The number of nitrogens with one attached hydrogen (secondary N) is 1. The van der Waals surface area contributed by atoms with Crippen LogP contribution in [0.25, 0.3) is 11.0 Å². The van der Waals surface area contributed by atoms with Gasteiger partial charge in [0, 0.05) is 30.1 Å². The summed E-state index contributed by atoms with van der Waals surface area (Å²) >= 11 is 1.41. The molecular formula is C20H25N3O3S. The molecule has 3 rings (SSSR count). The standard InChI is InChI=1S/C20H25N3O3S/c1-12-8-16(14(3)23(12)13(2)10-25-4)19(24)11-27-20-21-17-7-6-15(26-5)9-18(17)22-20/h6-9,13H,10-11H2,1-5H3,(H,21,22)/t13-/m1/s1. The minimum atomic E-state index is 0.0991. The number of Topliss-reactive ketones (excluding diaryl/α,β-unsaturated/α-hetero) is 1. The topological polar surface area (TPSA) is 69.1 Å². The number of hydrogen-bond acceptors (Lipinski definition) is 5. The minimum Gasteiger partial charge on any atom is -0.497 e. The number of imidazole rings is 1. The Bertz CT molecular complexity index is 961. The number of thioether (sulfide) groups is 1. The predicted octanol–water partition coefficient (Wildman–Crippen LogP) is 4.17. The summed E-state index contributed by atoms with van der Waals surface area (Å²) in [5.74, 6) is 1.21. The number of carbonyl (C=O) groups is 1. The molecule has 0 saturated heterocycles. The van der Waals surface area contributed by atoms with Gasteiger partial charge >= 0.3 is 0 Å². The van der Waals surface area contributed by atoms with Crippen LogP contribution in [0.15, 0.2) is 29.4 Å². The van der Waals surface area contributed by atoms with Gasteiger partial charge in [-0.3, -0.25) is 4.79 Å². The van der Waals surface area contributed by atoms with Crippen LogP contribution in [0.4, 0.5) is 0 Å². The number of nitrogens with zero attached hydrogens (tertiary/aromatic N) is 2. The lowest BCUT2D eigenvalue weighted by Gasteiger charge is -2.17. The Morgan fingerprint density at radius 3 is 2.78 bits per heavy atom. The second-order valence-electron chi connectivity index (χ2n) is 6.60. The van der Waals surface area contributed by atoms with E-state index in [1.807, 2.05) is 38.1 Å². The highest BCUT2D eigenvalue weighted by Gasteiger charge is 2.19. The van der Waals surface area contributed by atoms with E-state index in [0.717, 1.165) is 38.9 Å². The van der Waals surface area contributed by atoms with Crippen molar-refractivity contribution in [1.29, 1.82) is 0 Å². The summed E-state index contributed by atoms with van der Waals surface area (Å²) in [5.41, 5.74) is 4.58. The van der Waals surface area contributed by atoms with Gasteiger partial charge in [0.05, 0.1) is 36.5 Å². The van der Waals surface area contributed by atoms with E-state index in [2.05, 4.69) is 21.5 Å². The third-order valence-electron chi connectivity index (χ3n) is 4.64. The van der Waals surface area contributed by atoms with Crippen molar-refractivity contribution >= 4 is 28.6 Å². The summed E-state index contributed by atoms with van der Waals surface area (Å²) in [6, 6.07) is 7.84. The number of rotatable bonds is 8. The zero-order valence-electron chi connectivity index (χ0n) is 16.3. The van der Waals surface area contributed by atoms with E-state index in [4.69, 9.17) is 9.47 Å². The van der Waals surface area contributed by atoms with Gasteiger partial charge in [-0.15, -0.1) is 0 Å². The summed E-state index contributed by atoms with van der Waals surface area (Å²) in [4.78, 5) is 20.5. The number of carbonyl (C=O) groups excluding carboxylic acids is 1. The maximum absolute atomic E-state index is 12.8. The van der Waals surface area contributed by atoms with Crippen LogP contribution in [-0.4, -0.2) is 46.9 Å². The fraction of sp³-hybridized carbons (Fsp3) is 0.400. The van der Waals surface area contributed by atoms with E-state index in [0.29, 0.717) is 12.4 Å². The first-order valence-corrected chi connectivity index (χ1v) is 9.80. The molecule has 0 fully saturated rings. The normalized spacial score (nSPS) is 12.5. The Kier molecular flexibility index (Phi) is 5.92. The van der Waals surface area contributed by atoms with Crippen LogP contribution in [0, 0.1) is 13.8 Å². The fourth-order valence-corrected chi connectivity index (χ4v) is 4.19. The van der Waals surface area contributed by atoms with E-state index in [9.17, 15) is 4.79 Å². The van der Waals surface area contributed by atoms with Crippen molar-refractivity contribution in [2.45, 2.75) is 32.0 Å². The molecule has 0 bridgehead atoms. The average Bonchev–Trinajstić information content (AvgIpc) is 3.19. The van der Waals surface area contributed by atoms with Crippen molar-refractivity contribution in [3.8, 4) is 5.75 Å². The van der Waals surface area contributed by atoms with Crippen LogP contribution < -0.4 is 4.74 Å². The molecule has 0 saturated carbocycles. The third kappa shape index (κ3) is 4.04. The number of H-pyrrole nitrogens is 1. The first-order chi connectivity index (χ1) is 12.9. The molecule has 1 aromatic carbocycles. The molecular weight excluding hydrogens is 362 g/mol. The largest absolute Gasteiger partial charge is 0.497 e. The number of aromatic nitrogens is 3. The molecule has 0 aliphatic heterocycles. The van der Waals surface area contributed by atoms with Crippen LogP contribution in [-0.2, 0) is 4.74 Å². The van der Waals surface area contributed by atoms with E-state index >= 15 is 0 Å². The molecule has 27 heavy (non-hydrogen) atoms. The van der Waals surface area contributed by atoms with Crippen molar-refractivity contribution < 1.29 is 14.3 Å². The molecule has 0 radical (unpaired) electrons. The van der Waals surface area contributed by atoms with E-state index in [1.165, 1.54) is 11.8 Å². The maximum atomic E-state index is 12.8. The van der Waals surface area contributed by atoms with E-state index in [-0.39, 0.29) is 11.8 Å². The molecule has 0 unspecified atom stereocenters. The van der Waals surface area contributed by atoms with Gasteiger partial charge in [0.1, 0.15) is 5.75 Å². The van der Waals surface area contributed by atoms with Crippen molar-refractivity contribution in [3.05, 3.63) is 41.2 Å². The lowest BCUT2D eigenvalue weighted by Crippen LogP contribution is -2.14. The summed E-state index contributed by atoms with van der Waals surface area (Å²) in [6.07, 6.45) is 0. The van der Waals surface area contributed by atoms with Crippen LogP contribution >= 0.6 is 11.8 Å². The quantitative estimate of drug-likeness (QED) is 0.464. The van der Waals surface area contributed by atoms with E-state index in [1.54, 1.807) is 14.2 Å². The maximum Gasteiger partial charge on any atom is 0.175 e. The van der Waals surface area contributed by atoms with Crippen molar-refractivity contribution in [3.63, 3.8) is 0 Å². The number of benzene rings is 1. The van der Waals surface area contributed by atoms with Gasteiger partial charge in [-0.2, -0.15) is 0 Å². The molecule has 0 aliphatic rings. The molecule has 6 nitrogen and oxygen atoms in total. The number of fused-ring (bicyclic) bond motifs is 1. The first kappa shape index (κ1) is 19.5. The molecule has 0 spiro atoms. The smallest absolute Gasteiger partial charge is 0.175 e. The minimum absolute atomic E-state index is 0.0991. The first-order valence-electron chi connectivity index (χ1n) is 8.81. The monoisotopic (exact) mass is 387 g/mol. The fourth-order valence-electron chi connectivity index (χ4n) is 3.43. The van der Waals surface area contributed by atoms with Crippen LogP contribution in [0.5, 0.6) is 5.75 Å². The zero-order chi connectivity index (χ0) is 19.6. The highest BCUT2D eigenvalue weighted by atomic mass is 32.2. The summed E-state index contributed by atoms with van der Waals surface area (Å²) in [5, 5.41) is 0.730. The number of ether oxygens (including phenoxy) is 2. The molecule has 0 amide bonds. The highest BCUT2D eigenvalue weighted by Crippen LogP contribution is 2.26.